The lowest BCUT2D eigenvalue weighted by molar-refractivity contribution is 0.0698. The van der Waals surface area contributed by atoms with Gasteiger partial charge in [-0.1, -0.05) is 0 Å². The highest BCUT2D eigenvalue weighted by molar-refractivity contribution is 5.95. The third-order valence-corrected chi connectivity index (χ3v) is 4.01. The van der Waals surface area contributed by atoms with Crippen molar-refractivity contribution in [1.29, 1.82) is 0 Å². The summed E-state index contributed by atoms with van der Waals surface area (Å²) < 4.78 is 14.1. The van der Waals surface area contributed by atoms with E-state index in [0.29, 0.717) is 18.8 Å². The number of carbonyl (C=O) groups is 1. The number of nitrogen functional groups attached to an aromatic ring is 1. The molecule has 1 saturated heterocycles. The first-order valence-corrected chi connectivity index (χ1v) is 6.51. The van der Waals surface area contributed by atoms with Crippen LogP contribution in [0, 0.1) is 5.82 Å². The molecule has 1 fully saturated rings. The second kappa shape index (κ2) is 4.94. The number of aromatic carboxylic acids is 1. The Hall–Kier alpha value is -1.82. The molecule has 1 aliphatic rings. The molecule has 1 aromatic carbocycles. The Balaban J connectivity index is 2.38. The standard InChI is InChI=1S/C14H20FN3O2/c1-14(2)8-18(5-4-17(14)3)12-6-9(13(19)20)11(16)7-10(12)15/h6-7H,4-5,8,16H2,1-3H3,(H,19,20). The smallest absolute Gasteiger partial charge is 0.337 e. The van der Waals surface area contributed by atoms with Crippen LogP contribution in [-0.2, 0) is 0 Å². The average Bonchev–Trinajstić information content (AvgIpc) is 2.32. The van der Waals surface area contributed by atoms with Gasteiger partial charge >= 0.3 is 5.97 Å². The summed E-state index contributed by atoms with van der Waals surface area (Å²) in [5.74, 6) is -1.62. The predicted octanol–water partition coefficient (Wildman–Crippen LogP) is 1.64. The summed E-state index contributed by atoms with van der Waals surface area (Å²) in [6.07, 6.45) is 0. The fourth-order valence-corrected chi connectivity index (χ4v) is 2.45. The Morgan fingerprint density at radius 2 is 2.05 bits per heavy atom. The molecule has 110 valence electrons. The Labute approximate surface area is 117 Å². The van der Waals surface area contributed by atoms with Crippen LogP contribution in [0.3, 0.4) is 0 Å². The van der Waals surface area contributed by atoms with Gasteiger partial charge in [-0.05, 0) is 33.0 Å². The third kappa shape index (κ3) is 2.56. The highest BCUT2D eigenvalue weighted by atomic mass is 19.1. The van der Waals surface area contributed by atoms with Gasteiger partial charge in [-0.2, -0.15) is 0 Å². The SMILES string of the molecule is CN1CCN(c2cc(C(=O)O)c(N)cc2F)CC1(C)C. The number of rotatable bonds is 2. The molecule has 20 heavy (non-hydrogen) atoms. The second-order valence-electron chi connectivity index (χ2n) is 5.85. The number of likely N-dealkylation sites (N-methyl/N-ethyl adjacent to an activating group) is 1. The van der Waals surface area contributed by atoms with E-state index in [1.54, 1.807) is 0 Å². The highest BCUT2D eigenvalue weighted by Crippen LogP contribution is 2.29. The minimum Gasteiger partial charge on any atom is -0.478 e. The topological polar surface area (TPSA) is 69.8 Å². The molecular formula is C14H20FN3O2. The molecule has 0 amide bonds. The molecule has 1 aromatic rings. The summed E-state index contributed by atoms with van der Waals surface area (Å²) in [6, 6.07) is 2.42. The largest absolute Gasteiger partial charge is 0.478 e. The van der Waals surface area contributed by atoms with Crippen molar-refractivity contribution >= 4 is 17.3 Å². The lowest BCUT2D eigenvalue weighted by atomic mass is 9.98. The van der Waals surface area contributed by atoms with Crippen molar-refractivity contribution in [3.8, 4) is 0 Å². The molecule has 0 atom stereocenters. The van der Waals surface area contributed by atoms with E-state index < -0.39 is 11.8 Å². The van der Waals surface area contributed by atoms with Crippen molar-refractivity contribution in [2.24, 2.45) is 0 Å². The summed E-state index contributed by atoms with van der Waals surface area (Å²) >= 11 is 0. The Morgan fingerprint density at radius 3 is 2.60 bits per heavy atom. The second-order valence-corrected chi connectivity index (χ2v) is 5.85. The van der Waals surface area contributed by atoms with Gasteiger partial charge in [0.05, 0.1) is 11.3 Å². The summed E-state index contributed by atoms with van der Waals surface area (Å²) in [7, 11) is 2.03. The van der Waals surface area contributed by atoms with E-state index in [0.717, 1.165) is 12.6 Å². The third-order valence-electron chi connectivity index (χ3n) is 4.01. The number of benzene rings is 1. The van der Waals surface area contributed by atoms with Crippen molar-refractivity contribution in [2.45, 2.75) is 19.4 Å². The molecule has 0 aliphatic carbocycles. The molecule has 6 heteroatoms. The Bertz CT molecular complexity index is 545. The quantitative estimate of drug-likeness (QED) is 0.806. The van der Waals surface area contributed by atoms with Crippen molar-refractivity contribution in [3.63, 3.8) is 0 Å². The van der Waals surface area contributed by atoms with Crippen molar-refractivity contribution < 1.29 is 14.3 Å². The van der Waals surface area contributed by atoms with E-state index in [-0.39, 0.29) is 16.8 Å². The van der Waals surface area contributed by atoms with Crippen LogP contribution in [-0.4, -0.2) is 48.2 Å². The van der Waals surface area contributed by atoms with Crippen molar-refractivity contribution in [1.82, 2.24) is 4.90 Å². The molecule has 2 rings (SSSR count). The van der Waals surface area contributed by atoms with Crippen LogP contribution in [0.4, 0.5) is 15.8 Å². The number of carboxylic acids is 1. The molecule has 1 aliphatic heterocycles. The Kier molecular flexibility index (Phi) is 3.60. The zero-order valence-electron chi connectivity index (χ0n) is 12.0. The van der Waals surface area contributed by atoms with Crippen molar-refractivity contribution in [2.75, 3.05) is 37.3 Å². The molecule has 0 radical (unpaired) electrons. The number of nitrogens with two attached hydrogens (primary N) is 1. The number of halogens is 1. The van der Waals surface area contributed by atoms with Gasteiger partial charge in [-0.3, -0.25) is 4.90 Å². The van der Waals surface area contributed by atoms with Gasteiger partial charge in [0.25, 0.3) is 0 Å². The van der Waals surface area contributed by atoms with E-state index in [4.69, 9.17) is 10.8 Å². The van der Waals surface area contributed by atoms with Gasteiger partial charge in [0.1, 0.15) is 5.82 Å². The van der Waals surface area contributed by atoms with Crippen LogP contribution in [0.2, 0.25) is 0 Å². The summed E-state index contributed by atoms with van der Waals surface area (Å²) in [5.41, 5.74) is 5.64. The fraction of sp³-hybridized carbons (Fsp3) is 0.500. The van der Waals surface area contributed by atoms with Gasteiger partial charge in [0, 0.05) is 30.9 Å². The normalized spacial score (nSPS) is 19.1. The molecular weight excluding hydrogens is 261 g/mol. The van der Waals surface area contributed by atoms with E-state index in [1.165, 1.54) is 6.07 Å². The van der Waals surface area contributed by atoms with Crippen LogP contribution in [0.5, 0.6) is 0 Å². The van der Waals surface area contributed by atoms with E-state index in [2.05, 4.69) is 18.7 Å². The lowest BCUT2D eigenvalue weighted by Gasteiger charge is -2.46. The first-order chi connectivity index (χ1) is 9.22. The van der Waals surface area contributed by atoms with Crippen molar-refractivity contribution in [3.05, 3.63) is 23.5 Å². The lowest BCUT2D eigenvalue weighted by Crippen LogP contribution is -2.57. The summed E-state index contributed by atoms with van der Waals surface area (Å²) in [6.45, 7) is 6.22. The molecule has 0 spiro atoms. The van der Waals surface area contributed by atoms with E-state index in [9.17, 15) is 9.18 Å². The minimum atomic E-state index is -1.14. The number of anilines is 2. The zero-order valence-corrected chi connectivity index (χ0v) is 12.0. The molecule has 0 bridgehead atoms. The van der Waals surface area contributed by atoms with Crippen LogP contribution < -0.4 is 10.6 Å². The molecule has 5 nitrogen and oxygen atoms in total. The number of piperazine rings is 1. The Morgan fingerprint density at radius 1 is 1.40 bits per heavy atom. The first kappa shape index (κ1) is 14.6. The monoisotopic (exact) mass is 281 g/mol. The van der Waals surface area contributed by atoms with Gasteiger partial charge in [0.2, 0.25) is 0 Å². The number of nitrogens with zero attached hydrogens (tertiary/aromatic N) is 2. The van der Waals surface area contributed by atoms with Gasteiger partial charge < -0.3 is 15.7 Å². The maximum Gasteiger partial charge on any atom is 0.337 e. The molecule has 0 saturated carbocycles. The first-order valence-electron chi connectivity index (χ1n) is 6.51. The van der Waals surface area contributed by atoms with Crippen LogP contribution in [0.25, 0.3) is 0 Å². The number of carboxylic acid groups (broad SMARTS) is 1. The van der Waals surface area contributed by atoms with Crippen LogP contribution >= 0.6 is 0 Å². The van der Waals surface area contributed by atoms with E-state index >= 15 is 0 Å². The number of hydrogen-bond acceptors (Lipinski definition) is 4. The van der Waals surface area contributed by atoms with Gasteiger partial charge in [0.15, 0.2) is 0 Å². The summed E-state index contributed by atoms with van der Waals surface area (Å²) in [5, 5.41) is 9.09. The molecule has 0 unspecified atom stereocenters. The maximum atomic E-state index is 14.1. The number of hydrogen-bond donors (Lipinski definition) is 2. The van der Waals surface area contributed by atoms with Gasteiger partial charge in [-0.15, -0.1) is 0 Å². The highest BCUT2D eigenvalue weighted by Gasteiger charge is 2.32. The van der Waals surface area contributed by atoms with Crippen LogP contribution in [0.15, 0.2) is 12.1 Å². The predicted molar refractivity (Wildman–Crippen MR) is 76.7 cm³/mol. The fourth-order valence-electron chi connectivity index (χ4n) is 2.45. The zero-order chi connectivity index (χ0) is 15.1. The maximum absolute atomic E-state index is 14.1. The molecule has 0 aromatic heterocycles. The molecule has 3 N–H and O–H groups in total. The van der Waals surface area contributed by atoms with Gasteiger partial charge in [-0.25, -0.2) is 9.18 Å². The molecule has 1 heterocycles. The average molecular weight is 281 g/mol. The summed E-state index contributed by atoms with van der Waals surface area (Å²) in [4.78, 5) is 15.2. The minimum absolute atomic E-state index is 0.0489. The van der Waals surface area contributed by atoms with Crippen LogP contribution in [0.1, 0.15) is 24.2 Å². The van der Waals surface area contributed by atoms with E-state index in [1.807, 2.05) is 11.9 Å².